The van der Waals surface area contributed by atoms with E-state index in [4.69, 9.17) is 4.74 Å². The van der Waals surface area contributed by atoms with Gasteiger partial charge in [0.25, 0.3) is 17.5 Å². The first-order chi connectivity index (χ1) is 20.3. The van der Waals surface area contributed by atoms with Gasteiger partial charge in [-0.25, -0.2) is 13.6 Å². The number of carbonyl (C=O) groups is 3. The summed E-state index contributed by atoms with van der Waals surface area (Å²) in [4.78, 5) is 53.7. The molecule has 0 saturated carbocycles. The highest BCUT2D eigenvalue weighted by Gasteiger charge is 2.47. The van der Waals surface area contributed by atoms with Crippen LogP contribution in [0.1, 0.15) is 50.4 Å². The summed E-state index contributed by atoms with van der Waals surface area (Å²) in [5.74, 6) is -6.03. The molecule has 1 N–H and O–H groups in total. The minimum absolute atomic E-state index is 0.0379. The lowest BCUT2D eigenvalue weighted by Crippen LogP contribution is -2.56. The first kappa shape index (κ1) is 33.7. The van der Waals surface area contributed by atoms with Crippen molar-refractivity contribution in [2.75, 3.05) is 51.2 Å². The Balaban J connectivity index is 1.54. The van der Waals surface area contributed by atoms with Gasteiger partial charge in [0.1, 0.15) is 17.8 Å². The lowest BCUT2D eigenvalue weighted by Gasteiger charge is -2.41. The van der Waals surface area contributed by atoms with Crippen LogP contribution in [0, 0.1) is 16.0 Å². The first-order valence-corrected chi connectivity index (χ1v) is 14.8. The van der Waals surface area contributed by atoms with Gasteiger partial charge < -0.3 is 29.5 Å². The van der Waals surface area contributed by atoms with Crippen molar-refractivity contribution in [2.45, 2.75) is 63.7 Å². The highest BCUT2D eigenvalue weighted by molar-refractivity contribution is 9.10. The largest absolute Gasteiger partial charge is 0.444 e. The van der Waals surface area contributed by atoms with Gasteiger partial charge in [-0.3, -0.25) is 19.7 Å². The van der Waals surface area contributed by atoms with Gasteiger partial charge in [-0.15, -0.1) is 0 Å². The van der Waals surface area contributed by atoms with Crippen molar-refractivity contribution in [1.82, 2.24) is 14.7 Å². The molecule has 0 radical (unpaired) electrons. The first-order valence-electron chi connectivity index (χ1n) is 14.0. The van der Waals surface area contributed by atoms with Crippen LogP contribution < -0.4 is 5.32 Å². The molecule has 3 aliphatic rings. The quantitative estimate of drug-likeness (QED) is 0.266. The number of nitro groups is 1. The molecule has 2 atom stereocenters. The number of anilines is 1. The predicted molar refractivity (Wildman–Crippen MR) is 152 cm³/mol. The number of nitrogens with one attached hydrogen (secondary N) is 1. The molecule has 3 fully saturated rings. The van der Waals surface area contributed by atoms with Crippen molar-refractivity contribution in [1.29, 1.82) is 0 Å². The Kier molecular flexibility index (Phi) is 9.68. The molecular weight excluding hydrogens is 662 g/mol. The van der Waals surface area contributed by atoms with Crippen molar-refractivity contribution in [2.24, 2.45) is 5.92 Å². The molecule has 244 valence electrons. The third kappa shape index (κ3) is 8.28. The molecule has 1 unspecified atom stereocenters. The van der Waals surface area contributed by atoms with Crippen molar-refractivity contribution in [3.63, 3.8) is 0 Å². The van der Waals surface area contributed by atoms with Crippen LogP contribution in [0.15, 0.2) is 16.6 Å². The average molecular weight is 696 g/mol. The van der Waals surface area contributed by atoms with Crippen LogP contribution in [0.5, 0.6) is 0 Å². The molecule has 0 aromatic heterocycles. The van der Waals surface area contributed by atoms with Gasteiger partial charge in [-0.2, -0.15) is 8.78 Å². The Morgan fingerprint density at radius 3 is 2.43 bits per heavy atom. The van der Waals surface area contributed by atoms with E-state index in [0.29, 0.717) is 12.8 Å². The SMILES string of the molecule is CC(C)(C)OC(=O)N1CC(C(=O)N2CCC[C@@H](Nc3c(C(=O)N4CCOC(F)(F)C4)cc(Br)cc3[N+](=O)[O-])C2)CC(F)(F)C1. The van der Waals surface area contributed by atoms with E-state index in [9.17, 15) is 42.1 Å². The summed E-state index contributed by atoms with van der Waals surface area (Å²) in [6, 6.07) is 1.80. The standard InChI is InChI=1S/C27H34BrF4N5O7/c1-25(2,3)44-24(40)36-12-16(11-26(29,30)14-36)22(38)34-6-4-5-18(13-34)33-21-19(9-17(28)10-20(21)37(41)42)23(39)35-7-8-43-27(31,32)15-35/h9-10,16,18,33H,4-8,11-15H2,1-3H3/t16?,18-/m1/s1. The lowest BCUT2D eigenvalue weighted by molar-refractivity contribution is -0.384. The van der Waals surface area contributed by atoms with Crippen LogP contribution >= 0.6 is 15.9 Å². The van der Waals surface area contributed by atoms with E-state index in [2.05, 4.69) is 26.0 Å². The monoisotopic (exact) mass is 695 g/mol. The Morgan fingerprint density at radius 2 is 1.80 bits per heavy atom. The number of halogens is 5. The van der Waals surface area contributed by atoms with E-state index in [-0.39, 0.29) is 41.9 Å². The molecule has 0 aliphatic carbocycles. The third-order valence-electron chi connectivity index (χ3n) is 7.34. The van der Waals surface area contributed by atoms with Crippen LogP contribution in [-0.4, -0.2) is 107 Å². The molecule has 1 aromatic carbocycles. The smallest absolute Gasteiger partial charge is 0.410 e. The van der Waals surface area contributed by atoms with Crippen LogP contribution in [0.2, 0.25) is 0 Å². The second kappa shape index (κ2) is 12.7. The predicted octanol–water partition coefficient (Wildman–Crippen LogP) is 4.72. The van der Waals surface area contributed by atoms with E-state index in [0.717, 1.165) is 15.9 Å². The fourth-order valence-electron chi connectivity index (χ4n) is 5.54. The summed E-state index contributed by atoms with van der Waals surface area (Å²) in [5.41, 5.74) is -1.86. The Morgan fingerprint density at radius 1 is 1.09 bits per heavy atom. The number of morpholine rings is 1. The van der Waals surface area contributed by atoms with Crippen LogP contribution in [0.4, 0.5) is 33.7 Å². The maximum atomic E-state index is 14.7. The number of hydrogen-bond donors (Lipinski definition) is 1. The zero-order chi connectivity index (χ0) is 32.6. The molecule has 17 heteroatoms. The number of benzene rings is 1. The summed E-state index contributed by atoms with van der Waals surface area (Å²) in [5, 5.41) is 15.0. The van der Waals surface area contributed by atoms with E-state index in [1.807, 2.05) is 0 Å². The lowest BCUT2D eigenvalue weighted by atomic mass is 9.92. The molecule has 3 saturated heterocycles. The van der Waals surface area contributed by atoms with Crippen LogP contribution in [0.3, 0.4) is 0 Å². The maximum absolute atomic E-state index is 14.7. The Labute approximate surface area is 259 Å². The van der Waals surface area contributed by atoms with Crippen LogP contribution in [0.25, 0.3) is 0 Å². The number of likely N-dealkylation sites (tertiary alicyclic amines) is 2. The Bertz CT molecular complexity index is 1310. The zero-order valence-electron chi connectivity index (χ0n) is 24.4. The summed E-state index contributed by atoms with van der Waals surface area (Å²) >= 11 is 3.14. The number of amides is 3. The summed E-state index contributed by atoms with van der Waals surface area (Å²) in [6.07, 6.45) is -4.48. The molecule has 0 bridgehead atoms. The molecule has 1 aromatic rings. The molecule has 3 aliphatic heterocycles. The molecule has 3 heterocycles. The van der Waals surface area contributed by atoms with Crippen molar-refractivity contribution < 1.29 is 46.3 Å². The summed E-state index contributed by atoms with van der Waals surface area (Å²) in [7, 11) is 0. The minimum Gasteiger partial charge on any atom is -0.444 e. The third-order valence-corrected chi connectivity index (χ3v) is 7.79. The van der Waals surface area contributed by atoms with Crippen LogP contribution in [-0.2, 0) is 14.3 Å². The average Bonchev–Trinajstić information content (AvgIpc) is 2.90. The highest BCUT2D eigenvalue weighted by atomic mass is 79.9. The molecular formula is C27H34BrF4N5O7. The molecule has 3 amide bonds. The molecule has 0 spiro atoms. The van der Waals surface area contributed by atoms with E-state index < -0.39 is 84.2 Å². The van der Waals surface area contributed by atoms with Gasteiger partial charge in [-0.1, -0.05) is 15.9 Å². The number of hydrogen-bond acceptors (Lipinski definition) is 8. The minimum atomic E-state index is -3.58. The van der Waals surface area contributed by atoms with Gasteiger partial charge in [-0.05, 0) is 39.7 Å². The molecule has 12 nitrogen and oxygen atoms in total. The number of ether oxygens (including phenoxy) is 2. The number of rotatable bonds is 5. The van der Waals surface area contributed by atoms with E-state index in [1.54, 1.807) is 20.8 Å². The number of alkyl halides is 4. The zero-order valence-corrected chi connectivity index (χ0v) is 26.0. The number of nitrogens with zero attached hydrogens (tertiary/aromatic N) is 4. The second-order valence-electron chi connectivity index (χ2n) is 12.2. The van der Waals surface area contributed by atoms with Gasteiger partial charge in [0.15, 0.2) is 0 Å². The second-order valence-corrected chi connectivity index (χ2v) is 13.1. The van der Waals surface area contributed by atoms with Gasteiger partial charge in [0, 0.05) is 49.2 Å². The summed E-state index contributed by atoms with van der Waals surface area (Å²) in [6.45, 7) is 2.21. The van der Waals surface area contributed by atoms with Crippen molar-refractivity contribution in [3.05, 3.63) is 32.3 Å². The molecule has 4 rings (SSSR count). The van der Waals surface area contributed by atoms with Gasteiger partial charge in [0.05, 0.1) is 29.6 Å². The Hall–Kier alpha value is -3.21. The number of nitro benzene ring substituents is 1. The summed E-state index contributed by atoms with van der Waals surface area (Å²) < 4.78 is 66.9. The fourth-order valence-corrected chi connectivity index (χ4v) is 5.99. The normalized spacial score (nSPS) is 23.6. The van der Waals surface area contributed by atoms with Crippen molar-refractivity contribution >= 4 is 45.2 Å². The fraction of sp³-hybridized carbons (Fsp3) is 0.667. The van der Waals surface area contributed by atoms with Crippen molar-refractivity contribution in [3.8, 4) is 0 Å². The van der Waals surface area contributed by atoms with E-state index in [1.165, 1.54) is 11.0 Å². The van der Waals surface area contributed by atoms with E-state index >= 15 is 0 Å². The molecule has 44 heavy (non-hydrogen) atoms. The highest BCUT2D eigenvalue weighted by Crippen LogP contribution is 2.37. The topological polar surface area (TPSA) is 135 Å². The number of piperidine rings is 2. The van der Waals surface area contributed by atoms with Gasteiger partial charge in [0.2, 0.25) is 5.91 Å². The number of carbonyl (C=O) groups excluding carboxylic acids is 3. The maximum Gasteiger partial charge on any atom is 0.410 e. The van der Waals surface area contributed by atoms with Gasteiger partial charge >= 0.3 is 12.2 Å².